The number of rotatable bonds is 5. The zero-order valence-electron chi connectivity index (χ0n) is 19.1. The Hall–Kier alpha value is -2.37. The molecule has 1 aromatic rings. The maximum atomic E-state index is 13.3. The number of amides is 1. The van der Waals surface area contributed by atoms with Crippen molar-refractivity contribution in [2.45, 2.75) is 62.9 Å². The standard InChI is InChI=1S/C22H30N2O8S/c1-14-12-23(13-15(2)31-14)21(25)16(3)32-22(26)18-5-4-8-24(18)33(27,28)17-6-7-19-20(11-17)30-10-9-29-19/h6-7,11,14-16,18H,4-5,8-10,12-13H2,1-3H3/t14-,15-,16+,18-/m1/s1. The summed E-state index contributed by atoms with van der Waals surface area (Å²) in [6, 6.07) is 3.42. The Morgan fingerprint density at radius 3 is 2.45 bits per heavy atom. The molecule has 3 aliphatic heterocycles. The van der Waals surface area contributed by atoms with Gasteiger partial charge in [0.1, 0.15) is 19.3 Å². The highest BCUT2D eigenvalue weighted by Gasteiger charge is 2.42. The number of hydrogen-bond acceptors (Lipinski definition) is 8. The molecule has 1 amide bonds. The molecule has 3 heterocycles. The highest BCUT2D eigenvalue weighted by atomic mass is 32.2. The second kappa shape index (κ2) is 9.47. The highest BCUT2D eigenvalue weighted by Crippen LogP contribution is 2.35. The van der Waals surface area contributed by atoms with E-state index in [4.69, 9.17) is 18.9 Å². The molecule has 2 fully saturated rings. The van der Waals surface area contributed by atoms with E-state index in [1.54, 1.807) is 11.0 Å². The van der Waals surface area contributed by atoms with E-state index >= 15 is 0 Å². The van der Waals surface area contributed by atoms with E-state index in [0.29, 0.717) is 50.6 Å². The van der Waals surface area contributed by atoms with Crippen LogP contribution in [-0.4, -0.2) is 86.7 Å². The van der Waals surface area contributed by atoms with Crippen molar-refractivity contribution in [2.75, 3.05) is 32.8 Å². The lowest BCUT2D eigenvalue weighted by molar-refractivity contribution is -0.166. The van der Waals surface area contributed by atoms with E-state index in [2.05, 4.69) is 0 Å². The van der Waals surface area contributed by atoms with Crippen LogP contribution in [0.4, 0.5) is 0 Å². The quantitative estimate of drug-likeness (QED) is 0.575. The summed E-state index contributed by atoms with van der Waals surface area (Å²) < 4.78 is 49.8. The van der Waals surface area contributed by atoms with Crippen LogP contribution < -0.4 is 9.47 Å². The minimum Gasteiger partial charge on any atom is -0.486 e. The first-order valence-electron chi connectivity index (χ1n) is 11.2. The van der Waals surface area contributed by atoms with E-state index in [9.17, 15) is 18.0 Å². The molecule has 1 aromatic carbocycles. The van der Waals surface area contributed by atoms with Crippen molar-refractivity contribution >= 4 is 21.9 Å². The number of morpholine rings is 1. The Kier molecular flexibility index (Phi) is 6.83. The number of carbonyl (C=O) groups excluding carboxylic acids is 2. The Morgan fingerprint density at radius 1 is 1.09 bits per heavy atom. The zero-order chi connectivity index (χ0) is 23.8. The molecule has 0 unspecified atom stereocenters. The van der Waals surface area contributed by atoms with E-state index in [1.165, 1.54) is 19.1 Å². The maximum Gasteiger partial charge on any atom is 0.325 e. The number of nitrogens with zero attached hydrogens (tertiary/aromatic N) is 2. The summed E-state index contributed by atoms with van der Waals surface area (Å²) in [6.45, 7) is 7.03. The predicted molar refractivity (Wildman–Crippen MR) is 116 cm³/mol. The number of fused-ring (bicyclic) bond motifs is 1. The average molecular weight is 483 g/mol. The number of ether oxygens (including phenoxy) is 4. The Balaban J connectivity index is 1.45. The van der Waals surface area contributed by atoms with Crippen LogP contribution in [0, 0.1) is 0 Å². The largest absolute Gasteiger partial charge is 0.486 e. The molecule has 33 heavy (non-hydrogen) atoms. The molecule has 182 valence electrons. The summed E-state index contributed by atoms with van der Waals surface area (Å²) >= 11 is 0. The van der Waals surface area contributed by atoms with E-state index in [0.717, 1.165) is 4.31 Å². The van der Waals surface area contributed by atoms with Crippen LogP contribution in [0.15, 0.2) is 23.1 Å². The lowest BCUT2D eigenvalue weighted by atomic mass is 10.2. The molecular formula is C22H30N2O8S. The minimum atomic E-state index is -3.97. The second-order valence-corrected chi connectivity index (χ2v) is 10.5. The van der Waals surface area contributed by atoms with Crippen LogP contribution in [0.25, 0.3) is 0 Å². The molecule has 0 N–H and O–H groups in total. The van der Waals surface area contributed by atoms with Crippen molar-refractivity contribution in [1.29, 1.82) is 0 Å². The fraction of sp³-hybridized carbons (Fsp3) is 0.636. The Labute approximate surface area is 193 Å². The van der Waals surface area contributed by atoms with E-state index < -0.39 is 28.1 Å². The third-order valence-corrected chi connectivity index (χ3v) is 7.87. The number of esters is 1. The number of hydrogen-bond donors (Lipinski definition) is 0. The number of carbonyl (C=O) groups is 2. The predicted octanol–water partition coefficient (Wildman–Crippen LogP) is 1.18. The summed E-state index contributed by atoms with van der Waals surface area (Å²) in [6.07, 6.45) is -0.391. The van der Waals surface area contributed by atoms with Crippen molar-refractivity contribution in [1.82, 2.24) is 9.21 Å². The van der Waals surface area contributed by atoms with Gasteiger partial charge in [0, 0.05) is 25.7 Å². The molecule has 3 aliphatic rings. The summed E-state index contributed by atoms with van der Waals surface area (Å²) in [7, 11) is -3.97. The lowest BCUT2D eigenvalue weighted by Gasteiger charge is -2.36. The first kappa shape index (κ1) is 23.8. The van der Waals surface area contributed by atoms with Gasteiger partial charge in [0.15, 0.2) is 17.6 Å². The van der Waals surface area contributed by atoms with E-state index in [-0.39, 0.29) is 29.6 Å². The second-order valence-electron chi connectivity index (χ2n) is 8.66. The van der Waals surface area contributed by atoms with Crippen LogP contribution in [0.1, 0.15) is 33.6 Å². The van der Waals surface area contributed by atoms with Crippen LogP contribution in [0.5, 0.6) is 11.5 Å². The van der Waals surface area contributed by atoms with Crippen molar-refractivity contribution in [2.24, 2.45) is 0 Å². The summed E-state index contributed by atoms with van der Waals surface area (Å²) in [5, 5.41) is 0. The molecule has 4 rings (SSSR count). The zero-order valence-corrected chi connectivity index (χ0v) is 19.9. The molecule has 0 spiro atoms. The molecule has 10 nitrogen and oxygen atoms in total. The molecule has 0 aromatic heterocycles. The highest BCUT2D eigenvalue weighted by molar-refractivity contribution is 7.89. The molecule has 11 heteroatoms. The third kappa shape index (κ3) is 4.95. The number of sulfonamides is 1. The topological polar surface area (TPSA) is 112 Å². The van der Waals surface area contributed by atoms with Gasteiger partial charge in [0.05, 0.1) is 17.1 Å². The van der Waals surface area contributed by atoms with Gasteiger partial charge in [0.2, 0.25) is 10.0 Å². The molecule has 4 atom stereocenters. The van der Waals surface area contributed by atoms with Gasteiger partial charge >= 0.3 is 5.97 Å². The normalized spacial score (nSPS) is 26.6. The Bertz CT molecular complexity index is 1000. The third-order valence-electron chi connectivity index (χ3n) is 5.97. The lowest BCUT2D eigenvalue weighted by Crippen LogP contribution is -2.52. The van der Waals surface area contributed by atoms with Gasteiger partial charge < -0.3 is 23.8 Å². The summed E-state index contributed by atoms with van der Waals surface area (Å²) in [5.41, 5.74) is 0. The first-order chi connectivity index (χ1) is 15.7. The van der Waals surface area contributed by atoms with Gasteiger partial charge in [-0.1, -0.05) is 0 Å². The Morgan fingerprint density at radius 2 is 1.76 bits per heavy atom. The van der Waals surface area contributed by atoms with E-state index in [1.807, 2.05) is 13.8 Å². The van der Waals surface area contributed by atoms with Crippen LogP contribution in [0.2, 0.25) is 0 Å². The molecule has 2 saturated heterocycles. The maximum absolute atomic E-state index is 13.3. The van der Waals surface area contributed by atoms with Crippen molar-refractivity contribution in [3.8, 4) is 11.5 Å². The smallest absolute Gasteiger partial charge is 0.325 e. The molecule has 0 aliphatic carbocycles. The fourth-order valence-electron chi connectivity index (χ4n) is 4.50. The molecule has 0 radical (unpaired) electrons. The van der Waals surface area contributed by atoms with Crippen LogP contribution in [-0.2, 0) is 29.1 Å². The first-order valence-corrected chi connectivity index (χ1v) is 12.7. The number of benzene rings is 1. The van der Waals surface area contributed by atoms with Crippen molar-refractivity contribution in [3.05, 3.63) is 18.2 Å². The fourth-order valence-corrected chi connectivity index (χ4v) is 6.16. The molecular weight excluding hydrogens is 452 g/mol. The monoisotopic (exact) mass is 482 g/mol. The summed E-state index contributed by atoms with van der Waals surface area (Å²) in [4.78, 5) is 27.4. The van der Waals surface area contributed by atoms with Gasteiger partial charge in [-0.25, -0.2) is 8.42 Å². The summed E-state index contributed by atoms with van der Waals surface area (Å²) in [5.74, 6) is -0.195. The molecule has 0 saturated carbocycles. The van der Waals surface area contributed by atoms with Crippen LogP contribution in [0.3, 0.4) is 0 Å². The van der Waals surface area contributed by atoms with Crippen LogP contribution >= 0.6 is 0 Å². The van der Waals surface area contributed by atoms with Gasteiger partial charge in [-0.15, -0.1) is 0 Å². The van der Waals surface area contributed by atoms with Gasteiger partial charge in [-0.05, 0) is 45.7 Å². The van der Waals surface area contributed by atoms with Gasteiger partial charge in [-0.2, -0.15) is 4.31 Å². The van der Waals surface area contributed by atoms with Gasteiger partial charge in [0.25, 0.3) is 5.91 Å². The van der Waals surface area contributed by atoms with Gasteiger partial charge in [-0.3, -0.25) is 9.59 Å². The SMILES string of the molecule is C[C@@H]1CN(C(=O)[C@H](C)OC(=O)[C@H]2CCCN2S(=O)(=O)c2ccc3c(c2)OCCO3)C[C@@H](C)O1. The van der Waals surface area contributed by atoms with Crippen molar-refractivity contribution in [3.63, 3.8) is 0 Å². The molecule has 0 bridgehead atoms. The average Bonchev–Trinajstić information content (AvgIpc) is 3.28. The van der Waals surface area contributed by atoms with Crippen molar-refractivity contribution < 1.29 is 37.0 Å². The minimum absolute atomic E-state index is 0.0202.